The molecule has 0 saturated carbocycles. The first-order valence-electron chi connectivity index (χ1n) is 8.15. The predicted molar refractivity (Wildman–Crippen MR) is 96.4 cm³/mol. The lowest BCUT2D eigenvalue weighted by Gasteiger charge is -2.09. The summed E-state index contributed by atoms with van der Waals surface area (Å²) >= 11 is 0. The van der Waals surface area contributed by atoms with Gasteiger partial charge in [0.1, 0.15) is 11.5 Å². The molecule has 0 aliphatic heterocycles. The molecular formula is C20H21NO4. The van der Waals surface area contributed by atoms with Crippen LogP contribution in [-0.4, -0.2) is 31.4 Å². The summed E-state index contributed by atoms with van der Waals surface area (Å²) in [6.07, 6.45) is 2.96. The highest BCUT2D eigenvalue weighted by Crippen LogP contribution is 2.22. The summed E-state index contributed by atoms with van der Waals surface area (Å²) in [7, 11) is 3.04. The minimum atomic E-state index is -0.345. The Labute approximate surface area is 146 Å². The van der Waals surface area contributed by atoms with Gasteiger partial charge in [0, 0.05) is 23.6 Å². The average molecular weight is 339 g/mol. The van der Waals surface area contributed by atoms with Crippen LogP contribution in [0.25, 0.3) is 10.9 Å². The summed E-state index contributed by atoms with van der Waals surface area (Å²) in [5, 5.41) is 1.17. The third-order valence-electron chi connectivity index (χ3n) is 4.07. The van der Waals surface area contributed by atoms with E-state index in [4.69, 9.17) is 9.47 Å². The first kappa shape index (κ1) is 16.9. The molecule has 0 spiro atoms. The van der Waals surface area contributed by atoms with Gasteiger partial charge in [0.05, 0.1) is 26.4 Å². The number of esters is 1. The maximum atomic E-state index is 11.4. The maximum absolute atomic E-state index is 11.4. The second-order valence-electron chi connectivity index (χ2n) is 5.65. The van der Waals surface area contributed by atoms with Crippen LogP contribution in [0.4, 0.5) is 0 Å². The number of methoxy groups -OCH3 is 2. The molecule has 0 N–H and O–H groups in total. The fourth-order valence-electron chi connectivity index (χ4n) is 2.73. The van der Waals surface area contributed by atoms with Gasteiger partial charge in [0.2, 0.25) is 0 Å². The number of aryl methyl sites for hydroxylation is 1. The first-order chi connectivity index (χ1) is 12.2. The van der Waals surface area contributed by atoms with Crippen molar-refractivity contribution in [3.05, 3.63) is 60.3 Å². The Balaban J connectivity index is 1.52. The topological polar surface area (TPSA) is 49.7 Å². The molecule has 1 heterocycles. The van der Waals surface area contributed by atoms with Crippen LogP contribution in [0.3, 0.4) is 0 Å². The van der Waals surface area contributed by atoms with Crippen LogP contribution in [0.15, 0.2) is 54.7 Å². The number of carbonyl (C=O) groups is 1. The van der Waals surface area contributed by atoms with E-state index >= 15 is 0 Å². The molecule has 0 atom stereocenters. The molecular weight excluding hydrogens is 318 g/mol. The van der Waals surface area contributed by atoms with Crippen LogP contribution in [-0.2, 0) is 11.3 Å². The van der Waals surface area contributed by atoms with Crippen molar-refractivity contribution >= 4 is 16.9 Å². The minimum absolute atomic E-state index is 0.345. The number of nitrogens with zero attached hydrogens (tertiary/aromatic N) is 1. The van der Waals surface area contributed by atoms with Gasteiger partial charge in [-0.05, 0) is 55.0 Å². The number of aromatic nitrogens is 1. The van der Waals surface area contributed by atoms with Crippen LogP contribution < -0.4 is 9.47 Å². The van der Waals surface area contributed by atoms with Gasteiger partial charge >= 0.3 is 5.97 Å². The molecule has 3 rings (SSSR count). The second-order valence-corrected chi connectivity index (χ2v) is 5.65. The monoisotopic (exact) mass is 339 g/mol. The smallest absolute Gasteiger partial charge is 0.337 e. The number of benzene rings is 2. The highest BCUT2D eigenvalue weighted by Gasteiger charge is 2.05. The van der Waals surface area contributed by atoms with Crippen molar-refractivity contribution in [2.45, 2.75) is 13.0 Å². The fourth-order valence-corrected chi connectivity index (χ4v) is 2.73. The zero-order valence-corrected chi connectivity index (χ0v) is 14.4. The SMILES string of the molecule is COC(=O)c1ccc(OCCCn2ccc3cc(OC)ccc32)cc1. The standard InChI is InChI=1S/C20H21NO4/c1-23-18-8-9-19-16(14-18)10-12-21(19)11-3-13-25-17-6-4-15(5-7-17)20(22)24-2/h4-10,12,14H,3,11,13H2,1-2H3. The highest BCUT2D eigenvalue weighted by atomic mass is 16.5. The normalized spacial score (nSPS) is 10.6. The summed E-state index contributed by atoms with van der Waals surface area (Å²) in [6, 6.07) is 15.1. The largest absolute Gasteiger partial charge is 0.497 e. The lowest BCUT2D eigenvalue weighted by Crippen LogP contribution is -2.04. The van der Waals surface area contributed by atoms with Gasteiger partial charge in [0.15, 0.2) is 0 Å². The van der Waals surface area contributed by atoms with E-state index < -0.39 is 0 Å². The van der Waals surface area contributed by atoms with Gasteiger partial charge in [0.25, 0.3) is 0 Å². The van der Waals surface area contributed by atoms with Gasteiger partial charge in [-0.2, -0.15) is 0 Å². The van der Waals surface area contributed by atoms with Gasteiger partial charge in [-0.15, -0.1) is 0 Å². The highest BCUT2D eigenvalue weighted by molar-refractivity contribution is 5.89. The van der Waals surface area contributed by atoms with Gasteiger partial charge in [-0.1, -0.05) is 0 Å². The molecule has 0 saturated heterocycles. The molecule has 25 heavy (non-hydrogen) atoms. The van der Waals surface area contributed by atoms with Crippen molar-refractivity contribution in [1.29, 1.82) is 0 Å². The van der Waals surface area contributed by atoms with Crippen molar-refractivity contribution in [1.82, 2.24) is 4.57 Å². The molecule has 130 valence electrons. The van der Waals surface area contributed by atoms with Crippen LogP contribution in [0.1, 0.15) is 16.8 Å². The summed E-state index contributed by atoms with van der Waals surface area (Å²) in [5.41, 5.74) is 1.70. The van der Waals surface area contributed by atoms with E-state index in [9.17, 15) is 4.79 Å². The number of hydrogen-bond donors (Lipinski definition) is 0. The number of carbonyl (C=O) groups excluding carboxylic acids is 1. The molecule has 1 aromatic heterocycles. The molecule has 0 amide bonds. The van der Waals surface area contributed by atoms with Crippen LogP contribution in [0.5, 0.6) is 11.5 Å². The number of hydrogen-bond acceptors (Lipinski definition) is 4. The van der Waals surface area contributed by atoms with Gasteiger partial charge < -0.3 is 18.8 Å². The van der Waals surface area contributed by atoms with E-state index in [0.29, 0.717) is 12.2 Å². The third-order valence-corrected chi connectivity index (χ3v) is 4.07. The molecule has 0 radical (unpaired) electrons. The van der Waals surface area contributed by atoms with Crippen molar-refractivity contribution in [3.8, 4) is 11.5 Å². The van der Waals surface area contributed by atoms with Crippen molar-refractivity contribution in [3.63, 3.8) is 0 Å². The number of rotatable bonds is 7. The quantitative estimate of drug-likeness (QED) is 0.484. The second kappa shape index (κ2) is 7.75. The molecule has 0 unspecified atom stereocenters. The van der Waals surface area contributed by atoms with Crippen molar-refractivity contribution < 1.29 is 19.0 Å². The Morgan fingerprint density at radius 1 is 1.00 bits per heavy atom. The number of fused-ring (bicyclic) bond motifs is 1. The van der Waals surface area contributed by atoms with Gasteiger partial charge in [-0.3, -0.25) is 0 Å². The van der Waals surface area contributed by atoms with E-state index in [1.165, 1.54) is 18.0 Å². The summed E-state index contributed by atoms with van der Waals surface area (Å²) in [4.78, 5) is 11.4. The Bertz CT molecular complexity index is 852. The summed E-state index contributed by atoms with van der Waals surface area (Å²) in [5.74, 6) is 1.27. The van der Waals surface area contributed by atoms with Crippen LogP contribution in [0.2, 0.25) is 0 Å². The predicted octanol–water partition coefficient (Wildman–Crippen LogP) is 3.91. The Morgan fingerprint density at radius 3 is 2.48 bits per heavy atom. The maximum Gasteiger partial charge on any atom is 0.337 e. The average Bonchev–Trinajstić information content (AvgIpc) is 3.07. The Morgan fingerprint density at radius 2 is 1.76 bits per heavy atom. The summed E-state index contributed by atoms with van der Waals surface area (Å²) < 4.78 is 17.9. The lowest BCUT2D eigenvalue weighted by atomic mass is 10.2. The van der Waals surface area contributed by atoms with E-state index in [2.05, 4.69) is 27.6 Å². The van der Waals surface area contributed by atoms with Crippen molar-refractivity contribution in [2.24, 2.45) is 0 Å². The minimum Gasteiger partial charge on any atom is -0.497 e. The van der Waals surface area contributed by atoms with Crippen LogP contribution >= 0.6 is 0 Å². The zero-order valence-electron chi connectivity index (χ0n) is 14.4. The van der Waals surface area contributed by atoms with Crippen LogP contribution in [0, 0.1) is 0 Å². The van der Waals surface area contributed by atoms with E-state index in [0.717, 1.165) is 24.5 Å². The lowest BCUT2D eigenvalue weighted by molar-refractivity contribution is 0.0600. The molecule has 5 heteroatoms. The van der Waals surface area contributed by atoms with Crippen molar-refractivity contribution in [2.75, 3.05) is 20.8 Å². The van der Waals surface area contributed by atoms with E-state index in [-0.39, 0.29) is 5.97 Å². The summed E-state index contributed by atoms with van der Waals surface area (Å²) in [6.45, 7) is 1.48. The molecule has 0 aliphatic carbocycles. The Kier molecular flexibility index (Phi) is 5.23. The Hall–Kier alpha value is -2.95. The van der Waals surface area contributed by atoms with Gasteiger partial charge in [-0.25, -0.2) is 4.79 Å². The molecule has 3 aromatic rings. The molecule has 5 nitrogen and oxygen atoms in total. The molecule has 2 aromatic carbocycles. The van der Waals surface area contributed by atoms with E-state index in [1.54, 1.807) is 31.4 Å². The third kappa shape index (κ3) is 3.94. The molecule has 0 fully saturated rings. The zero-order chi connectivity index (χ0) is 17.6. The fraction of sp³-hybridized carbons (Fsp3) is 0.250. The number of ether oxygens (including phenoxy) is 3. The van der Waals surface area contributed by atoms with E-state index in [1.807, 2.05) is 12.1 Å². The first-order valence-corrected chi connectivity index (χ1v) is 8.15. The molecule has 0 bridgehead atoms. The molecule has 0 aliphatic rings.